The largest absolute Gasteiger partial charge is 0.378 e. The number of hydrogen-bond acceptors (Lipinski definition) is 5. The van der Waals surface area contributed by atoms with Crippen molar-refractivity contribution in [2.24, 2.45) is 0 Å². The van der Waals surface area contributed by atoms with Gasteiger partial charge >= 0.3 is 0 Å². The number of ether oxygens (including phenoxy) is 1. The minimum absolute atomic E-state index is 0.0405. The monoisotopic (exact) mass is 472 g/mol. The second-order valence-electron chi connectivity index (χ2n) is 8.16. The van der Waals surface area contributed by atoms with Gasteiger partial charge in [-0.1, -0.05) is 24.3 Å². The molecule has 1 fully saturated rings. The first-order chi connectivity index (χ1) is 17.0. The molecule has 0 atom stereocenters. The average Bonchev–Trinajstić information content (AvgIpc) is 2.92. The van der Waals surface area contributed by atoms with E-state index in [1.54, 1.807) is 65.4 Å². The van der Waals surface area contributed by atoms with Crippen LogP contribution in [-0.2, 0) is 9.53 Å². The maximum Gasteiger partial charge on any atom is 0.258 e. The summed E-state index contributed by atoms with van der Waals surface area (Å²) in [5, 5.41) is 5.87. The van der Waals surface area contributed by atoms with Gasteiger partial charge in [-0.15, -0.1) is 0 Å². The maximum absolute atomic E-state index is 12.7. The highest BCUT2D eigenvalue weighted by Crippen LogP contribution is 2.17. The lowest BCUT2D eigenvalue weighted by atomic mass is 10.1. The van der Waals surface area contributed by atoms with Gasteiger partial charge in [0.1, 0.15) is 0 Å². The summed E-state index contributed by atoms with van der Waals surface area (Å²) in [5.41, 5.74) is 3.16. The number of carbonyl (C=O) groups is 3. The van der Waals surface area contributed by atoms with Crippen molar-refractivity contribution in [3.63, 3.8) is 0 Å². The van der Waals surface area contributed by atoms with Crippen LogP contribution in [-0.4, -0.2) is 62.5 Å². The van der Waals surface area contributed by atoms with E-state index >= 15 is 0 Å². The van der Waals surface area contributed by atoms with Gasteiger partial charge in [-0.2, -0.15) is 0 Å². The van der Waals surface area contributed by atoms with E-state index in [1.807, 2.05) is 30.3 Å². The molecule has 0 unspecified atom stereocenters. The van der Waals surface area contributed by atoms with Crippen LogP contribution in [0.3, 0.4) is 0 Å². The number of rotatable bonds is 7. The minimum Gasteiger partial charge on any atom is -0.378 e. The Kier molecular flexibility index (Phi) is 7.74. The third kappa shape index (κ3) is 6.24. The number of para-hydroxylation sites is 1. The molecule has 1 heterocycles. The first kappa shape index (κ1) is 24.0. The van der Waals surface area contributed by atoms with Crippen molar-refractivity contribution < 1.29 is 19.1 Å². The Balaban J connectivity index is 1.29. The van der Waals surface area contributed by atoms with E-state index in [0.29, 0.717) is 43.1 Å². The van der Waals surface area contributed by atoms with Crippen LogP contribution in [0.15, 0.2) is 78.9 Å². The molecule has 3 aromatic rings. The van der Waals surface area contributed by atoms with Crippen LogP contribution in [0.4, 0.5) is 17.1 Å². The zero-order valence-corrected chi connectivity index (χ0v) is 19.6. The van der Waals surface area contributed by atoms with E-state index in [2.05, 4.69) is 10.6 Å². The summed E-state index contributed by atoms with van der Waals surface area (Å²) in [6, 6.07) is 23.3. The van der Waals surface area contributed by atoms with Crippen molar-refractivity contribution in [1.82, 2.24) is 4.90 Å². The standard InChI is InChI=1S/C27H28N4O4/c1-30(24-8-3-2-4-9-24)26(33)20-10-12-22(13-11-20)28-19-25(32)29-23-7-5-6-21(18-23)27(34)31-14-16-35-17-15-31/h2-13,18,28H,14-17,19H2,1H3,(H,29,32). The van der Waals surface area contributed by atoms with Gasteiger partial charge in [0.2, 0.25) is 5.91 Å². The summed E-state index contributed by atoms with van der Waals surface area (Å²) in [4.78, 5) is 41.2. The van der Waals surface area contributed by atoms with Crippen LogP contribution in [0, 0.1) is 0 Å². The molecule has 0 spiro atoms. The van der Waals surface area contributed by atoms with Crippen LogP contribution in [0.1, 0.15) is 20.7 Å². The lowest BCUT2D eigenvalue weighted by molar-refractivity contribution is -0.114. The SMILES string of the molecule is CN(C(=O)c1ccc(NCC(=O)Nc2cccc(C(=O)N3CCOCC3)c2)cc1)c1ccccc1. The molecular formula is C27H28N4O4. The molecule has 4 rings (SSSR count). The summed E-state index contributed by atoms with van der Waals surface area (Å²) in [6.45, 7) is 2.23. The molecule has 180 valence electrons. The van der Waals surface area contributed by atoms with Crippen molar-refractivity contribution in [3.8, 4) is 0 Å². The summed E-state index contributed by atoms with van der Waals surface area (Å²) in [6.07, 6.45) is 0. The second-order valence-corrected chi connectivity index (χ2v) is 8.16. The zero-order chi connectivity index (χ0) is 24.6. The number of morpholine rings is 1. The van der Waals surface area contributed by atoms with Gasteiger partial charge in [-0.05, 0) is 54.6 Å². The quantitative estimate of drug-likeness (QED) is 0.549. The molecule has 0 saturated carbocycles. The van der Waals surface area contributed by atoms with Crippen molar-refractivity contribution in [2.75, 3.05) is 55.4 Å². The van der Waals surface area contributed by atoms with E-state index in [0.717, 1.165) is 11.4 Å². The number of carbonyl (C=O) groups excluding carboxylic acids is 3. The molecule has 1 saturated heterocycles. The average molecular weight is 473 g/mol. The van der Waals surface area contributed by atoms with Crippen molar-refractivity contribution >= 4 is 34.8 Å². The van der Waals surface area contributed by atoms with Gasteiger partial charge in [0.25, 0.3) is 11.8 Å². The van der Waals surface area contributed by atoms with Gasteiger partial charge in [0, 0.05) is 48.3 Å². The number of nitrogens with one attached hydrogen (secondary N) is 2. The van der Waals surface area contributed by atoms with Crippen LogP contribution < -0.4 is 15.5 Å². The Bertz CT molecular complexity index is 1180. The molecular weight excluding hydrogens is 444 g/mol. The summed E-state index contributed by atoms with van der Waals surface area (Å²) in [5.74, 6) is -0.438. The van der Waals surface area contributed by atoms with Crippen LogP contribution in [0.2, 0.25) is 0 Å². The molecule has 0 radical (unpaired) electrons. The third-order valence-corrected chi connectivity index (χ3v) is 5.72. The fourth-order valence-electron chi connectivity index (χ4n) is 3.76. The molecule has 1 aliphatic heterocycles. The van der Waals surface area contributed by atoms with Crippen molar-refractivity contribution in [1.29, 1.82) is 0 Å². The Hall–Kier alpha value is -4.17. The summed E-state index contributed by atoms with van der Waals surface area (Å²) in [7, 11) is 1.73. The van der Waals surface area contributed by atoms with Gasteiger partial charge in [-0.25, -0.2) is 0 Å². The number of hydrogen-bond donors (Lipinski definition) is 2. The minimum atomic E-state index is -0.245. The number of anilines is 3. The van der Waals surface area contributed by atoms with E-state index in [9.17, 15) is 14.4 Å². The molecule has 8 heteroatoms. The van der Waals surface area contributed by atoms with Crippen molar-refractivity contribution in [2.45, 2.75) is 0 Å². The number of amides is 3. The molecule has 3 aromatic carbocycles. The normalized spacial score (nSPS) is 13.1. The van der Waals surface area contributed by atoms with Crippen LogP contribution in [0.5, 0.6) is 0 Å². The van der Waals surface area contributed by atoms with Crippen LogP contribution >= 0.6 is 0 Å². The van der Waals surface area contributed by atoms with E-state index in [1.165, 1.54) is 0 Å². The van der Waals surface area contributed by atoms with Gasteiger partial charge in [0.05, 0.1) is 19.8 Å². The molecule has 35 heavy (non-hydrogen) atoms. The molecule has 0 aromatic heterocycles. The first-order valence-electron chi connectivity index (χ1n) is 11.5. The molecule has 2 N–H and O–H groups in total. The summed E-state index contributed by atoms with van der Waals surface area (Å²) >= 11 is 0. The third-order valence-electron chi connectivity index (χ3n) is 5.72. The predicted molar refractivity (Wildman–Crippen MR) is 136 cm³/mol. The summed E-state index contributed by atoms with van der Waals surface area (Å²) < 4.78 is 5.30. The Morgan fingerprint density at radius 3 is 2.29 bits per heavy atom. The van der Waals surface area contributed by atoms with E-state index in [4.69, 9.17) is 4.74 Å². The van der Waals surface area contributed by atoms with E-state index in [-0.39, 0.29) is 24.3 Å². The zero-order valence-electron chi connectivity index (χ0n) is 19.6. The predicted octanol–water partition coefficient (Wildman–Crippen LogP) is 3.49. The second kappa shape index (κ2) is 11.3. The molecule has 8 nitrogen and oxygen atoms in total. The first-order valence-corrected chi connectivity index (χ1v) is 11.5. The smallest absolute Gasteiger partial charge is 0.258 e. The lowest BCUT2D eigenvalue weighted by Gasteiger charge is -2.27. The molecule has 1 aliphatic rings. The van der Waals surface area contributed by atoms with Crippen molar-refractivity contribution in [3.05, 3.63) is 90.0 Å². The maximum atomic E-state index is 12.7. The Labute approximate surface area is 204 Å². The lowest BCUT2D eigenvalue weighted by Crippen LogP contribution is -2.40. The highest BCUT2D eigenvalue weighted by Gasteiger charge is 2.19. The van der Waals surface area contributed by atoms with Crippen LogP contribution in [0.25, 0.3) is 0 Å². The number of nitrogens with zero attached hydrogens (tertiary/aromatic N) is 2. The van der Waals surface area contributed by atoms with Gasteiger partial charge in [-0.3, -0.25) is 14.4 Å². The molecule has 3 amide bonds. The van der Waals surface area contributed by atoms with Gasteiger partial charge < -0.3 is 25.2 Å². The fourth-order valence-corrected chi connectivity index (χ4v) is 3.76. The highest BCUT2D eigenvalue weighted by atomic mass is 16.5. The van der Waals surface area contributed by atoms with E-state index < -0.39 is 0 Å². The molecule has 0 bridgehead atoms. The Morgan fingerprint density at radius 1 is 0.857 bits per heavy atom. The highest BCUT2D eigenvalue weighted by molar-refractivity contribution is 6.06. The number of benzene rings is 3. The fraction of sp³-hybridized carbons (Fsp3) is 0.222. The topological polar surface area (TPSA) is 91.0 Å². The molecule has 0 aliphatic carbocycles. The van der Waals surface area contributed by atoms with Gasteiger partial charge in [0.15, 0.2) is 0 Å². The Morgan fingerprint density at radius 2 is 1.57 bits per heavy atom.